The Morgan fingerprint density at radius 3 is 2.64 bits per heavy atom. The molecule has 28 heavy (non-hydrogen) atoms. The zero-order valence-electron chi connectivity index (χ0n) is 17.6. The molecule has 0 bridgehead atoms. The standard InChI is InChI=1S/C22H34N4O2/c1-17(2)14-20(27)19-6-4-10-26(16-19)22(28)18-7-8-21(23-15-18)25-11-5-9-24(3)12-13-25/h7-8,15,17,19H,4-6,9-14,16H2,1-3H3/t19-/m0/s1. The molecule has 0 aliphatic carbocycles. The molecular weight excluding hydrogens is 352 g/mol. The quantitative estimate of drug-likeness (QED) is 0.779. The van der Waals surface area contributed by atoms with Gasteiger partial charge in [0.1, 0.15) is 11.6 Å². The highest BCUT2D eigenvalue weighted by Gasteiger charge is 2.29. The van der Waals surface area contributed by atoms with E-state index in [1.54, 1.807) is 6.20 Å². The SMILES string of the molecule is CC(C)CC(=O)[C@H]1CCCN(C(=O)c2ccc(N3CCCN(C)CC3)nc2)C1. The average molecular weight is 387 g/mol. The lowest BCUT2D eigenvalue weighted by Crippen LogP contribution is -2.42. The van der Waals surface area contributed by atoms with Crippen molar-refractivity contribution in [2.45, 2.75) is 39.5 Å². The number of likely N-dealkylation sites (tertiary alicyclic amines) is 1. The predicted molar refractivity (Wildman–Crippen MR) is 112 cm³/mol. The molecule has 1 amide bonds. The number of hydrogen-bond donors (Lipinski definition) is 0. The van der Waals surface area contributed by atoms with Crippen LogP contribution in [0.2, 0.25) is 0 Å². The van der Waals surface area contributed by atoms with E-state index < -0.39 is 0 Å². The summed E-state index contributed by atoms with van der Waals surface area (Å²) >= 11 is 0. The molecule has 0 radical (unpaired) electrons. The van der Waals surface area contributed by atoms with E-state index in [4.69, 9.17) is 0 Å². The maximum atomic E-state index is 12.9. The van der Waals surface area contributed by atoms with Gasteiger partial charge in [0.25, 0.3) is 5.91 Å². The molecule has 1 atom stereocenters. The van der Waals surface area contributed by atoms with Gasteiger partial charge in [0.15, 0.2) is 0 Å². The molecule has 3 heterocycles. The Bertz CT molecular complexity index is 674. The second kappa shape index (κ2) is 9.50. The minimum atomic E-state index is -0.0126. The summed E-state index contributed by atoms with van der Waals surface area (Å²) in [6.45, 7) is 9.51. The van der Waals surface area contributed by atoms with Crippen LogP contribution in [0.5, 0.6) is 0 Å². The van der Waals surface area contributed by atoms with Crippen molar-refractivity contribution in [3.05, 3.63) is 23.9 Å². The molecule has 6 nitrogen and oxygen atoms in total. The van der Waals surface area contributed by atoms with Gasteiger partial charge in [-0.3, -0.25) is 9.59 Å². The highest BCUT2D eigenvalue weighted by atomic mass is 16.2. The number of anilines is 1. The number of likely N-dealkylation sites (N-methyl/N-ethyl adjacent to an activating group) is 1. The van der Waals surface area contributed by atoms with Crippen LogP contribution in [0.4, 0.5) is 5.82 Å². The summed E-state index contributed by atoms with van der Waals surface area (Å²) in [4.78, 5) is 36.4. The first-order valence-corrected chi connectivity index (χ1v) is 10.7. The number of carbonyl (C=O) groups excluding carboxylic acids is 2. The largest absolute Gasteiger partial charge is 0.355 e. The van der Waals surface area contributed by atoms with Gasteiger partial charge in [-0.1, -0.05) is 13.8 Å². The van der Waals surface area contributed by atoms with E-state index in [1.807, 2.05) is 17.0 Å². The Balaban J connectivity index is 1.61. The number of Topliss-reactive ketones (excluding diaryl/α,β-unsaturated/α-hetero) is 1. The molecule has 0 N–H and O–H groups in total. The summed E-state index contributed by atoms with van der Waals surface area (Å²) in [7, 11) is 2.15. The second-order valence-electron chi connectivity index (χ2n) is 8.70. The molecule has 2 aliphatic rings. The van der Waals surface area contributed by atoms with Crippen LogP contribution in [-0.4, -0.2) is 72.8 Å². The van der Waals surface area contributed by atoms with Gasteiger partial charge in [-0.05, 0) is 50.9 Å². The first kappa shape index (κ1) is 20.8. The van der Waals surface area contributed by atoms with Crippen molar-refractivity contribution in [1.29, 1.82) is 0 Å². The molecule has 2 saturated heterocycles. The zero-order valence-corrected chi connectivity index (χ0v) is 17.6. The maximum Gasteiger partial charge on any atom is 0.255 e. The van der Waals surface area contributed by atoms with Gasteiger partial charge in [-0.25, -0.2) is 4.98 Å². The number of amides is 1. The van der Waals surface area contributed by atoms with Gasteiger partial charge < -0.3 is 14.7 Å². The number of nitrogens with zero attached hydrogens (tertiary/aromatic N) is 4. The zero-order chi connectivity index (χ0) is 20.1. The topological polar surface area (TPSA) is 56.8 Å². The fraction of sp³-hybridized carbons (Fsp3) is 0.682. The minimum Gasteiger partial charge on any atom is -0.355 e. The Morgan fingerprint density at radius 2 is 1.93 bits per heavy atom. The number of rotatable bonds is 5. The van der Waals surface area contributed by atoms with E-state index in [-0.39, 0.29) is 11.8 Å². The molecule has 1 aromatic heterocycles. The Morgan fingerprint density at radius 1 is 1.11 bits per heavy atom. The maximum absolute atomic E-state index is 12.9. The molecule has 154 valence electrons. The van der Waals surface area contributed by atoms with Crippen molar-refractivity contribution in [2.75, 3.05) is 51.2 Å². The van der Waals surface area contributed by atoms with Crippen LogP contribution in [0.3, 0.4) is 0 Å². The summed E-state index contributed by atoms with van der Waals surface area (Å²) < 4.78 is 0. The highest BCUT2D eigenvalue weighted by molar-refractivity contribution is 5.94. The first-order chi connectivity index (χ1) is 13.4. The lowest BCUT2D eigenvalue weighted by molar-refractivity contribution is -0.124. The summed E-state index contributed by atoms with van der Waals surface area (Å²) in [6, 6.07) is 3.85. The number of carbonyl (C=O) groups is 2. The van der Waals surface area contributed by atoms with Crippen LogP contribution in [-0.2, 0) is 4.79 Å². The minimum absolute atomic E-state index is 0.00306. The predicted octanol–water partition coefficient (Wildman–Crippen LogP) is 2.69. The lowest BCUT2D eigenvalue weighted by Gasteiger charge is -2.32. The van der Waals surface area contributed by atoms with E-state index in [2.05, 4.69) is 35.7 Å². The Hall–Kier alpha value is -1.95. The van der Waals surface area contributed by atoms with Gasteiger partial charge >= 0.3 is 0 Å². The van der Waals surface area contributed by atoms with Gasteiger partial charge in [0, 0.05) is 51.3 Å². The van der Waals surface area contributed by atoms with Gasteiger partial charge in [0.2, 0.25) is 0 Å². The Kier molecular flexibility index (Phi) is 7.05. The summed E-state index contributed by atoms with van der Waals surface area (Å²) in [5.41, 5.74) is 0.618. The van der Waals surface area contributed by atoms with Gasteiger partial charge in [0.05, 0.1) is 5.56 Å². The van der Waals surface area contributed by atoms with E-state index in [0.717, 1.165) is 57.8 Å². The molecule has 0 aromatic carbocycles. The molecule has 0 spiro atoms. The van der Waals surface area contributed by atoms with Crippen LogP contribution in [0.15, 0.2) is 18.3 Å². The van der Waals surface area contributed by atoms with E-state index in [9.17, 15) is 9.59 Å². The number of hydrogen-bond acceptors (Lipinski definition) is 5. The molecule has 6 heteroatoms. The number of aromatic nitrogens is 1. The third kappa shape index (κ3) is 5.31. The monoisotopic (exact) mass is 386 g/mol. The van der Waals surface area contributed by atoms with Crippen LogP contribution in [0, 0.1) is 11.8 Å². The van der Waals surface area contributed by atoms with E-state index in [1.165, 1.54) is 0 Å². The molecule has 3 rings (SSSR count). The molecule has 2 fully saturated rings. The fourth-order valence-electron chi connectivity index (χ4n) is 4.15. The third-order valence-corrected chi connectivity index (χ3v) is 5.81. The van der Waals surface area contributed by atoms with E-state index in [0.29, 0.717) is 30.2 Å². The van der Waals surface area contributed by atoms with Crippen molar-refractivity contribution in [1.82, 2.24) is 14.8 Å². The smallest absolute Gasteiger partial charge is 0.255 e. The molecule has 1 aromatic rings. The summed E-state index contributed by atoms with van der Waals surface area (Å²) in [5, 5.41) is 0. The van der Waals surface area contributed by atoms with Gasteiger partial charge in [-0.15, -0.1) is 0 Å². The Labute approximate surface area is 168 Å². The van der Waals surface area contributed by atoms with Gasteiger partial charge in [-0.2, -0.15) is 0 Å². The van der Waals surface area contributed by atoms with Crippen molar-refractivity contribution in [2.24, 2.45) is 11.8 Å². The van der Waals surface area contributed by atoms with Crippen molar-refractivity contribution in [3.63, 3.8) is 0 Å². The van der Waals surface area contributed by atoms with Crippen molar-refractivity contribution >= 4 is 17.5 Å². The third-order valence-electron chi connectivity index (χ3n) is 5.81. The lowest BCUT2D eigenvalue weighted by atomic mass is 9.89. The van der Waals surface area contributed by atoms with E-state index >= 15 is 0 Å². The van der Waals surface area contributed by atoms with Crippen LogP contribution >= 0.6 is 0 Å². The molecule has 2 aliphatic heterocycles. The van der Waals surface area contributed by atoms with Crippen molar-refractivity contribution < 1.29 is 9.59 Å². The number of ketones is 1. The fourth-order valence-corrected chi connectivity index (χ4v) is 4.15. The highest BCUT2D eigenvalue weighted by Crippen LogP contribution is 2.22. The van der Waals surface area contributed by atoms with Crippen LogP contribution in [0.1, 0.15) is 49.9 Å². The molecular formula is C22H34N4O2. The summed E-state index contributed by atoms with van der Waals surface area (Å²) in [6.07, 6.45) is 5.22. The normalized spacial score (nSPS) is 21.6. The van der Waals surface area contributed by atoms with Crippen molar-refractivity contribution in [3.8, 4) is 0 Å². The first-order valence-electron chi connectivity index (χ1n) is 10.7. The molecule has 0 saturated carbocycles. The second-order valence-corrected chi connectivity index (χ2v) is 8.70. The summed E-state index contributed by atoms with van der Waals surface area (Å²) in [5.74, 6) is 1.59. The van der Waals surface area contributed by atoms with Crippen LogP contribution < -0.4 is 4.90 Å². The van der Waals surface area contributed by atoms with Crippen LogP contribution in [0.25, 0.3) is 0 Å². The number of piperidine rings is 1. The molecule has 0 unspecified atom stereocenters. The number of pyridine rings is 1. The average Bonchev–Trinajstić information content (AvgIpc) is 2.91.